The monoisotopic (exact) mass is 282 g/mol. The summed E-state index contributed by atoms with van der Waals surface area (Å²) in [6, 6.07) is 0. The first-order valence-electron chi connectivity index (χ1n) is 6.76. The third-order valence-electron chi connectivity index (χ3n) is 3.22. The Morgan fingerprint density at radius 1 is 1.25 bits per heavy atom. The summed E-state index contributed by atoms with van der Waals surface area (Å²) in [6.45, 7) is 5.45. The molecule has 0 N–H and O–H groups in total. The molecule has 0 unspecified atom stereocenters. The van der Waals surface area contributed by atoms with Gasteiger partial charge in [-0.05, 0) is 27.2 Å². The Bertz CT molecular complexity index is 449. The van der Waals surface area contributed by atoms with Gasteiger partial charge in [-0.1, -0.05) is 0 Å². The minimum atomic E-state index is -1.29. The predicted octanol–water partition coefficient (Wildman–Crippen LogP) is 1.49. The van der Waals surface area contributed by atoms with E-state index in [-0.39, 0.29) is 13.2 Å². The van der Waals surface area contributed by atoms with Gasteiger partial charge in [-0.2, -0.15) is 0 Å². The molecule has 112 valence electrons. The van der Waals surface area contributed by atoms with Gasteiger partial charge in [0.1, 0.15) is 5.82 Å². The van der Waals surface area contributed by atoms with Crippen LogP contribution in [0.5, 0.6) is 0 Å². The Labute approximate surface area is 119 Å². The van der Waals surface area contributed by atoms with Crippen LogP contribution >= 0.6 is 0 Å². The fourth-order valence-electron chi connectivity index (χ4n) is 1.87. The number of ether oxygens (including phenoxy) is 2. The van der Waals surface area contributed by atoms with Crippen molar-refractivity contribution in [1.29, 1.82) is 0 Å². The van der Waals surface area contributed by atoms with Crippen LogP contribution in [0.15, 0.2) is 12.4 Å². The summed E-state index contributed by atoms with van der Waals surface area (Å²) in [5, 5.41) is 0. The van der Waals surface area contributed by atoms with E-state index in [0.29, 0.717) is 12.8 Å². The smallest absolute Gasteiger partial charge is 0.323 e. The molecule has 20 heavy (non-hydrogen) atoms. The molecule has 1 aromatic rings. The minimum absolute atomic E-state index is 0.232. The molecule has 1 aromatic heterocycles. The summed E-state index contributed by atoms with van der Waals surface area (Å²) < 4.78 is 11.9. The van der Waals surface area contributed by atoms with Gasteiger partial charge < -0.3 is 14.0 Å². The lowest BCUT2D eigenvalue weighted by molar-refractivity contribution is -0.171. The van der Waals surface area contributed by atoms with Crippen LogP contribution in [0.3, 0.4) is 0 Å². The second kappa shape index (κ2) is 7.07. The van der Waals surface area contributed by atoms with E-state index in [1.807, 2.05) is 17.8 Å². The zero-order chi connectivity index (χ0) is 15.2. The lowest BCUT2D eigenvalue weighted by atomic mass is 9.85. The number of carbonyl (C=O) groups is 2. The van der Waals surface area contributed by atoms with Crippen molar-refractivity contribution in [1.82, 2.24) is 9.55 Å². The lowest BCUT2D eigenvalue weighted by Gasteiger charge is -2.24. The van der Waals surface area contributed by atoms with Crippen molar-refractivity contribution >= 4 is 11.9 Å². The van der Waals surface area contributed by atoms with Crippen molar-refractivity contribution in [3.63, 3.8) is 0 Å². The van der Waals surface area contributed by atoms with Crippen molar-refractivity contribution in [3.05, 3.63) is 18.2 Å². The first-order valence-corrected chi connectivity index (χ1v) is 6.76. The number of aryl methyl sites for hydroxylation is 2. The standard InChI is InChI=1S/C14H22N2O4/c1-5-19-12(17)14(3,13(18)20-6-2)8-7-11-15-9-10-16(11)4/h9-10H,5-8H2,1-4H3. The number of aromatic nitrogens is 2. The van der Waals surface area contributed by atoms with Crippen LogP contribution < -0.4 is 0 Å². The van der Waals surface area contributed by atoms with Crippen molar-refractivity contribution in [2.24, 2.45) is 12.5 Å². The lowest BCUT2D eigenvalue weighted by Crippen LogP contribution is -2.40. The number of hydrogen-bond acceptors (Lipinski definition) is 5. The van der Waals surface area contributed by atoms with Gasteiger partial charge in [0.25, 0.3) is 0 Å². The summed E-state index contributed by atoms with van der Waals surface area (Å²) in [6.07, 6.45) is 4.30. The highest BCUT2D eigenvalue weighted by atomic mass is 16.6. The van der Waals surface area contributed by atoms with Gasteiger partial charge in [-0.15, -0.1) is 0 Å². The van der Waals surface area contributed by atoms with Gasteiger partial charge in [0.05, 0.1) is 13.2 Å². The number of nitrogens with zero attached hydrogens (tertiary/aromatic N) is 2. The molecule has 0 saturated heterocycles. The molecule has 0 fully saturated rings. The van der Waals surface area contributed by atoms with E-state index < -0.39 is 17.4 Å². The SMILES string of the molecule is CCOC(=O)C(C)(CCc1nccn1C)C(=O)OCC. The Morgan fingerprint density at radius 3 is 2.20 bits per heavy atom. The Balaban J connectivity index is 2.84. The van der Waals surface area contributed by atoms with Crippen molar-refractivity contribution in [3.8, 4) is 0 Å². The molecule has 0 radical (unpaired) electrons. The fraction of sp³-hybridized carbons (Fsp3) is 0.643. The Hall–Kier alpha value is -1.85. The molecule has 0 aliphatic carbocycles. The molecule has 0 saturated carbocycles. The number of carbonyl (C=O) groups excluding carboxylic acids is 2. The van der Waals surface area contributed by atoms with E-state index >= 15 is 0 Å². The molecule has 0 spiro atoms. The topological polar surface area (TPSA) is 70.4 Å². The molecular formula is C14H22N2O4. The molecule has 0 amide bonds. The molecule has 0 atom stereocenters. The molecule has 0 aliphatic rings. The van der Waals surface area contributed by atoms with Gasteiger partial charge in [0, 0.05) is 25.9 Å². The van der Waals surface area contributed by atoms with Crippen LogP contribution in [0.1, 0.15) is 33.0 Å². The molecule has 6 heteroatoms. The maximum Gasteiger partial charge on any atom is 0.323 e. The summed E-state index contributed by atoms with van der Waals surface area (Å²) in [5.74, 6) is -0.287. The van der Waals surface area contributed by atoms with Crippen LogP contribution in [0.2, 0.25) is 0 Å². The van der Waals surface area contributed by atoms with Crippen molar-refractivity contribution in [2.75, 3.05) is 13.2 Å². The van der Waals surface area contributed by atoms with Gasteiger partial charge in [0.15, 0.2) is 5.41 Å². The highest BCUT2D eigenvalue weighted by molar-refractivity contribution is 5.99. The molecule has 0 aromatic carbocycles. The van der Waals surface area contributed by atoms with Crippen LogP contribution in [-0.4, -0.2) is 34.7 Å². The first-order chi connectivity index (χ1) is 9.45. The van der Waals surface area contributed by atoms with Crippen LogP contribution in [-0.2, 0) is 32.5 Å². The molecule has 0 aliphatic heterocycles. The zero-order valence-corrected chi connectivity index (χ0v) is 12.5. The van der Waals surface area contributed by atoms with E-state index in [1.165, 1.54) is 0 Å². The zero-order valence-electron chi connectivity index (χ0n) is 12.5. The maximum absolute atomic E-state index is 12.1. The van der Waals surface area contributed by atoms with Gasteiger partial charge in [-0.25, -0.2) is 4.98 Å². The minimum Gasteiger partial charge on any atom is -0.465 e. The average molecular weight is 282 g/mol. The third kappa shape index (κ3) is 3.59. The van der Waals surface area contributed by atoms with E-state index in [9.17, 15) is 9.59 Å². The van der Waals surface area contributed by atoms with Crippen LogP contribution in [0.25, 0.3) is 0 Å². The number of imidazole rings is 1. The van der Waals surface area contributed by atoms with Crippen molar-refractivity contribution < 1.29 is 19.1 Å². The Kier molecular flexibility index (Phi) is 5.73. The van der Waals surface area contributed by atoms with Gasteiger partial charge in [0.2, 0.25) is 0 Å². The highest BCUT2D eigenvalue weighted by Crippen LogP contribution is 2.27. The highest BCUT2D eigenvalue weighted by Gasteiger charge is 2.44. The first kappa shape index (κ1) is 16.2. The summed E-state index contributed by atoms with van der Waals surface area (Å²) in [5.41, 5.74) is -1.29. The predicted molar refractivity (Wildman–Crippen MR) is 72.9 cm³/mol. The third-order valence-corrected chi connectivity index (χ3v) is 3.22. The average Bonchev–Trinajstić information content (AvgIpc) is 2.82. The molecular weight excluding hydrogens is 260 g/mol. The summed E-state index contributed by atoms with van der Waals surface area (Å²) >= 11 is 0. The van der Waals surface area contributed by atoms with Gasteiger partial charge in [-0.3, -0.25) is 9.59 Å². The fourth-order valence-corrected chi connectivity index (χ4v) is 1.87. The Morgan fingerprint density at radius 2 is 1.80 bits per heavy atom. The second-order valence-corrected chi connectivity index (χ2v) is 4.73. The van der Waals surface area contributed by atoms with E-state index in [4.69, 9.17) is 9.47 Å². The van der Waals surface area contributed by atoms with E-state index in [0.717, 1.165) is 5.82 Å². The molecule has 1 heterocycles. The number of hydrogen-bond donors (Lipinski definition) is 0. The maximum atomic E-state index is 12.1. The van der Waals surface area contributed by atoms with Gasteiger partial charge >= 0.3 is 11.9 Å². The number of rotatable bonds is 7. The van der Waals surface area contributed by atoms with E-state index in [1.54, 1.807) is 27.0 Å². The quantitative estimate of drug-likeness (QED) is 0.559. The molecule has 6 nitrogen and oxygen atoms in total. The molecule has 0 bridgehead atoms. The normalized spacial score (nSPS) is 11.2. The van der Waals surface area contributed by atoms with Crippen molar-refractivity contribution in [2.45, 2.75) is 33.6 Å². The van der Waals surface area contributed by atoms with Crippen LogP contribution in [0, 0.1) is 5.41 Å². The summed E-state index contributed by atoms with van der Waals surface area (Å²) in [4.78, 5) is 28.3. The number of esters is 2. The summed E-state index contributed by atoms with van der Waals surface area (Å²) in [7, 11) is 1.87. The molecule has 1 rings (SSSR count). The largest absolute Gasteiger partial charge is 0.465 e. The van der Waals surface area contributed by atoms with E-state index in [2.05, 4.69) is 4.98 Å². The second-order valence-electron chi connectivity index (χ2n) is 4.73. The van der Waals surface area contributed by atoms with Crippen LogP contribution in [0.4, 0.5) is 0 Å².